The zero-order valence-electron chi connectivity index (χ0n) is 13.5. The van der Waals surface area contributed by atoms with Gasteiger partial charge in [-0.3, -0.25) is 0 Å². The molecule has 1 N–H and O–H groups in total. The Bertz CT molecular complexity index is 670. The van der Waals surface area contributed by atoms with Gasteiger partial charge in [0.2, 0.25) is 0 Å². The highest BCUT2D eigenvalue weighted by Crippen LogP contribution is 2.25. The molecule has 112 valence electrons. The molecule has 1 unspecified atom stereocenters. The summed E-state index contributed by atoms with van der Waals surface area (Å²) in [6.45, 7) is 9.46. The normalized spacial score (nSPS) is 13.2. The van der Waals surface area contributed by atoms with Crippen molar-refractivity contribution in [2.45, 2.75) is 46.3 Å². The average molecular weight is 287 g/mol. The van der Waals surface area contributed by atoms with Crippen LogP contribution in [0, 0.1) is 6.92 Å². The first kappa shape index (κ1) is 15.5. The second-order valence-corrected chi connectivity index (χ2v) is 6.44. The fourth-order valence-corrected chi connectivity index (χ4v) is 2.15. The van der Waals surface area contributed by atoms with E-state index in [4.69, 9.17) is 9.15 Å². The molecule has 0 fully saturated rings. The molecule has 2 rings (SSSR count). The first-order valence-corrected chi connectivity index (χ1v) is 7.16. The van der Waals surface area contributed by atoms with E-state index < -0.39 is 11.7 Å². The number of benzene rings is 1. The molecule has 0 aliphatic rings. The lowest BCUT2D eigenvalue weighted by atomic mass is 9.89. The number of hydrogen-bond donors (Lipinski definition) is 1. The Kier molecular flexibility index (Phi) is 4.03. The molecule has 0 radical (unpaired) electrons. The van der Waals surface area contributed by atoms with E-state index in [-0.39, 0.29) is 6.04 Å². The summed E-state index contributed by atoms with van der Waals surface area (Å²) in [5, 5.41) is 3.88. The van der Waals surface area contributed by atoms with Crippen molar-refractivity contribution in [2.75, 3.05) is 0 Å². The summed E-state index contributed by atoms with van der Waals surface area (Å²) in [4.78, 5) is 11.8. The predicted octanol–water partition coefficient (Wildman–Crippen LogP) is 2.59. The average Bonchev–Trinajstić information content (AvgIpc) is 2.76. The Morgan fingerprint density at radius 3 is 2.67 bits per heavy atom. The van der Waals surface area contributed by atoms with Crippen molar-refractivity contribution in [3.8, 4) is 0 Å². The molecule has 4 nitrogen and oxygen atoms in total. The van der Waals surface area contributed by atoms with Crippen molar-refractivity contribution < 1.29 is 13.9 Å². The van der Waals surface area contributed by atoms with Gasteiger partial charge in [-0.1, -0.05) is 11.5 Å². The number of nitrogens with one attached hydrogen (secondary N) is 1. The highest BCUT2D eigenvalue weighted by Gasteiger charge is 2.20. The summed E-state index contributed by atoms with van der Waals surface area (Å²) in [7, 11) is 2.07. The largest absolute Gasteiger partial charge is 0.459 e. The molecule has 5 heteroatoms. The summed E-state index contributed by atoms with van der Waals surface area (Å²) in [6, 6.07) is 5.74. The van der Waals surface area contributed by atoms with Crippen molar-refractivity contribution in [1.82, 2.24) is 5.32 Å². The molecular weight excluding hydrogens is 265 g/mol. The maximum Gasteiger partial charge on any atom is 0.408 e. The van der Waals surface area contributed by atoms with Crippen molar-refractivity contribution in [2.24, 2.45) is 0 Å². The number of alkyl carbamates (subject to hydrolysis) is 1. The number of ether oxygens (including phenoxy) is 1. The lowest BCUT2D eigenvalue weighted by molar-refractivity contribution is 0.0502. The summed E-state index contributed by atoms with van der Waals surface area (Å²) >= 11 is 0. The monoisotopic (exact) mass is 287 g/mol. The molecule has 0 aliphatic carbocycles. The molecule has 0 bridgehead atoms. The van der Waals surface area contributed by atoms with E-state index in [1.807, 2.05) is 45.9 Å². The highest BCUT2D eigenvalue weighted by molar-refractivity contribution is 6.34. The number of rotatable bonds is 2. The number of fused-ring (bicyclic) bond motifs is 1. The van der Waals surface area contributed by atoms with E-state index >= 15 is 0 Å². The zero-order valence-corrected chi connectivity index (χ0v) is 13.5. The van der Waals surface area contributed by atoms with Crippen LogP contribution in [0.15, 0.2) is 22.6 Å². The first-order valence-electron chi connectivity index (χ1n) is 7.16. The molecule has 0 aliphatic heterocycles. The zero-order chi connectivity index (χ0) is 15.8. The van der Waals surface area contributed by atoms with Crippen molar-refractivity contribution in [3.05, 3.63) is 29.5 Å². The number of carbonyl (C=O) groups is 1. The highest BCUT2D eigenvalue weighted by atomic mass is 16.6. The van der Waals surface area contributed by atoms with Crippen LogP contribution in [0.1, 0.15) is 45.1 Å². The van der Waals surface area contributed by atoms with Gasteiger partial charge in [0, 0.05) is 5.39 Å². The van der Waals surface area contributed by atoms with Crippen LogP contribution in [0.5, 0.6) is 0 Å². The van der Waals surface area contributed by atoms with Gasteiger partial charge in [-0.25, -0.2) is 4.79 Å². The Morgan fingerprint density at radius 2 is 2.05 bits per heavy atom. The van der Waals surface area contributed by atoms with Gasteiger partial charge >= 0.3 is 6.09 Å². The molecule has 1 atom stereocenters. The van der Waals surface area contributed by atoms with Gasteiger partial charge in [-0.2, -0.15) is 0 Å². The van der Waals surface area contributed by atoms with Gasteiger partial charge in [0.25, 0.3) is 0 Å². The molecule has 1 heterocycles. The SMILES string of the molecule is Bc1ccc2oc(C(C)NC(=O)OC(C)(C)C)cc2c1C. The molecular formula is C16H22BNO3. The van der Waals surface area contributed by atoms with E-state index in [0.717, 1.165) is 16.7 Å². The van der Waals surface area contributed by atoms with Crippen LogP contribution in [0.2, 0.25) is 0 Å². The third-order valence-corrected chi connectivity index (χ3v) is 3.42. The minimum absolute atomic E-state index is 0.244. The van der Waals surface area contributed by atoms with Gasteiger partial charge in [-0.15, -0.1) is 0 Å². The fourth-order valence-electron chi connectivity index (χ4n) is 2.15. The number of carbonyl (C=O) groups excluding carboxylic acids is 1. The van der Waals surface area contributed by atoms with Crippen LogP contribution in [0.3, 0.4) is 0 Å². The van der Waals surface area contributed by atoms with E-state index in [1.165, 1.54) is 11.0 Å². The summed E-state index contributed by atoms with van der Waals surface area (Å²) < 4.78 is 11.1. The minimum atomic E-state index is -0.509. The Hall–Kier alpha value is -1.91. The number of amides is 1. The molecule has 1 aromatic carbocycles. The van der Waals surface area contributed by atoms with E-state index in [2.05, 4.69) is 20.1 Å². The van der Waals surface area contributed by atoms with E-state index in [9.17, 15) is 4.79 Å². The predicted molar refractivity (Wildman–Crippen MR) is 86.9 cm³/mol. The Balaban J connectivity index is 2.18. The van der Waals surface area contributed by atoms with Crippen molar-refractivity contribution >= 4 is 30.4 Å². The summed E-state index contributed by atoms with van der Waals surface area (Å²) in [5.74, 6) is 0.726. The minimum Gasteiger partial charge on any atom is -0.459 e. The van der Waals surface area contributed by atoms with Crippen LogP contribution in [0.25, 0.3) is 11.0 Å². The van der Waals surface area contributed by atoms with Crippen LogP contribution in [-0.4, -0.2) is 19.5 Å². The molecule has 0 saturated heterocycles. The second kappa shape index (κ2) is 5.47. The van der Waals surface area contributed by atoms with Gasteiger partial charge in [0.1, 0.15) is 24.8 Å². The van der Waals surface area contributed by atoms with E-state index in [1.54, 1.807) is 0 Å². The van der Waals surface area contributed by atoms with Crippen LogP contribution in [-0.2, 0) is 4.74 Å². The van der Waals surface area contributed by atoms with E-state index in [0.29, 0.717) is 0 Å². The smallest absolute Gasteiger partial charge is 0.408 e. The Morgan fingerprint density at radius 1 is 1.38 bits per heavy atom. The number of aryl methyl sites for hydroxylation is 1. The molecule has 2 aromatic rings. The Labute approximate surface area is 126 Å². The standard InChI is InChI=1S/C16H22BNO3/c1-9-11-8-14(20-13(11)7-6-12(9)17)10(2)18-15(19)21-16(3,4)5/h6-8,10H,17H2,1-5H3,(H,18,19). The molecule has 1 amide bonds. The fraction of sp³-hybridized carbons (Fsp3) is 0.438. The third kappa shape index (κ3) is 3.60. The second-order valence-electron chi connectivity index (χ2n) is 6.44. The quantitative estimate of drug-likeness (QED) is 0.864. The topological polar surface area (TPSA) is 51.5 Å². The summed E-state index contributed by atoms with van der Waals surface area (Å²) in [6.07, 6.45) is -0.441. The maximum atomic E-state index is 11.8. The third-order valence-electron chi connectivity index (χ3n) is 3.42. The van der Waals surface area contributed by atoms with Crippen LogP contribution >= 0.6 is 0 Å². The van der Waals surface area contributed by atoms with Gasteiger partial charge in [-0.05, 0) is 52.3 Å². The molecule has 0 saturated carbocycles. The van der Waals surface area contributed by atoms with Crippen molar-refractivity contribution in [1.29, 1.82) is 0 Å². The lowest BCUT2D eigenvalue weighted by Crippen LogP contribution is -2.33. The molecule has 21 heavy (non-hydrogen) atoms. The van der Waals surface area contributed by atoms with Crippen LogP contribution in [0.4, 0.5) is 4.79 Å². The van der Waals surface area contributed by atoms with Crippen LogP contribution < -0.4 is 10.8 Å². The molecule has 1 aromatic heterocycles. The maximum absolute atomic E-state index is 11.8. The van der Waals surface area contributed by atoms with Crippen molar-refractivity contribution in [3.63, 3.8) is 0 Å². The van der Waals surface area contributed by atoms with Gasteiger partial charge in [0.15, 0.2) is 0 Å². The number of hydrogen-bond acceptors (Lipinski definition) is 3. The first-order chi connectivity index (χ1) is 9.67. The molecule has 0 spiro atoms. The number of furan rings is 1. The summed E-state index contributed by atoms with van der Waals surface area (Å²) in [5.41, 5.74) is 2.76. The van der Waals surface area contributed by atoms with Gasteiger partial charge < -0.3 is 14.5 Å². The van der Waals surface area contributed by atoms with Gasteiger partial charge in [0.05, 0.1) is 6.04 Å². The lowest BCUT2D eigenvalue weighted by Gasteiger charge is -2.21.